The zero-order chi connectivity index (χ0) is 23.5. The van der Waals surface area contributed by atoms with Crippen LogP contribution in [0.25, 0.3) is 5.70 Å². The monoisotopic (exact) mass is 450 g/mol. The van der Waals surface area contributed by atoms with Gasteiger partial charge in [0.15, 0.2) is 0 Å². The van der Waals surface area contributed by atoms with E-state index in [1.54, 1.807) is 4.68 Å². The normalized spacial score (nSPS) is 14.9. The Balaban J connectivity index is 1.47. The molecule has 170 valence electrons. The Bertz CT molecular complexity index is 1330. The molecule has 0 unspecified atom stereocenters. The molecule has 0 bridgehead atoms. The highest BCUT2D eigenvalue weighted by molar-refractivity contribution is 5.89. The van der Waals surface area contributed by atoms with E-state index in [0.29, 0.717) is 12.5 Å². The molecule has 1 aliphatic heterocycles. The first kappa shape index (κ1) is 21.6. The summed E-state index contributed by atoms with van der Waals surface area (Å²) < 4.78 is 1.77. The zero-order valence-electron chi connectivity index (χ0n) is 19.2. The van der Waals surface area contributed by atoms with Crippen molar-refractivity contribution in [1.82, 2.24) is 25.5 Å². The van der Waals surface area contributed by atoms with E-state index < -0.39 is 0 Å². The van der Waals surface area contributed by atoms with E-state index in [9.17, 15) is 4.79 Å². The van der Waals surface area contributed by atoms with E-state index in [1.165, 1.54) is 5.56 Å². The first-order valence-corrected chi connectivity index (χ1v) is 11.3. The number of aromatic nitrogens is 4. The predicted octanol–water partition coefficient (Wildman–Crippen LogP) is 4.06. The number of rotatable bonds is 6. The summed E-state index contributed by atoms with van der Waals surface area (Å²) >= 11 is 0. The number of tetrazole rings is 1. The lowest BCUT2D eigenvalue weighted by Crippen LogP contribution is -2.40. The average Bonchev–Trinajstić information content (AvgIpc) is 3.35. The predicted molar refractivity (Wildman–Crippen MR) is 132 cm³/mol. The molecular formula is C27H26N6O. The van der Waals surface area contributed by atoms with Crippen molar-refractivity contribution in [1.29, 1.82) is 0 Å². The summed E-state index contributed by atoms with van der Waals surface area (Å²) in [7, 11) is 0. The number of nitrogens with zero attached hydrogens (tertiary/aromatic N) is 5. The fourth-order valence-electron chi connectivity index (χ4n) is 4.19. The number of fused-ring (bicyclic) bond motifs is 1. The van der Waals surface area contributed by atoms with Gasteiger partial charge in [-0.15, -0.1) is 0 Å². The van der Waals surface area contributed by atoms with Crippen molar-refractivity contribution >= 4 is 17.6 Å². The van der Waals surface area contributed by atoms with Gasteiger partial charge >= 0.3 is 0 Å². The van der Waals surface area contributed by atoms with Crippen LogP contribution >= 0.6 is 0 Å². The maximum absolute atomic E-state index is 13.1. The molecule has 2 heterocycles. The number of carbonyl (C=O) groups excluding carboxylic acids is 1. The molecule has 1 aromatic heterocycles. The van der Waals surface area contributed by atoms with Gasteiger partial charge in [0, 0.05) is 6.54 Å². The van der Waals surface area contributed by atoms with E-state index in [-0.39, 0.29) is 18.5 Å². The molecule has 34 heavy (non-hydrogen) atoms. The molecule has 1 atom stereocenters. The summed E-state index contributed by atoms with van der Waals surface area (Å²) in [6.45, 7) is 4.68. The average molecular weight is 451 g/mol. The Hall–Kier alpha value is -4.26. The molecule has 0 fully saturated rings. The fourth-order valence-corrected chi connectivity index (χ4v) is 4.19. The van der Waals surface area contributed by atoms with Gasteiger partial charge in [0.1, 0.15) is 12.6 Å². The summed E-state index contributed by atoms with van der Waals surface area (Å²) in [5, 5.41) is 15.5. The van der Waals surface area contributed by atoms with Gasteiger partial charge in [-0.2, -0.15) is 4.68 Å². The third kappa shape index (κ3) is 4.32. The van der Waals surface area contributed by atoms with Gasteiger partial charge in [0.25, 0.3) is 5.95 Å². The second-order valence-electron chi connectivity index (χ2n) is 8.49. The topological polar surface area (TPSA) is 75.9 Å². The van der Waals surface area contributed by atoms with E-state index >= 15 is 0 Å². The van der Waals surface area contributed by atoms with Crippen LogP contribution in [0.2, 0.25) is 0 Å². The van der Waals surface area contributed by atoms with Gasteiger partial charge < -0.3 is 5.32 Å². The van der Waals surface area contributed by atoms with E-state index in [0.717, 1.165) is 28.0 Å². The highest BCUT2D eigenvalue weighted by atomic mass is 16.2. The van der Waals surface area contributed by atoms with Gasteiger partial charge in [-0.25, -0.2) is 0 Å². The van der Waals surface area contributed by atoms with Crippen LogP contribution in [0.15, 0.2) is 84.9 Å². The largest absolute Gasteiger partial charge is 0.350 e. The number of aryl methyl sites for hydroxylation is 2. The molecule has 7 heteroatoms. The van der Waals surface area contributed by atoms with Crippen LogP contribution in [0.3, 0.4) is 0 Å². The molecule has 0 saturated carbocycles. The molecule has 4 aromatic rings. The standard InChI is InChI=1S/C27H26N6O/c1-19-12-14-22(15-13-19)24-16-25(21-9-4-3-5-10-21)33-27(29-30-31-33)32(24)18-26(34)28-17-23-11-7-6-8-20(23)2/h3-16,25H,17-18H2,1-2H3,(H,28,34)/t25-/m0/s1. The highest BCUT2D eigenvalue weighted by Gasteiger charge is 2.31. The summed E-state index contributed by atoms with van der Waals surface area (Å²) in [4.78, 5) is 14.9. The lowest BCUT2D eigenvalue weighted by atomic mass is 10.00. The zero-order valence-corrected chi connectivity index (χ0v) is 19.2. The first-order chi connectivity index (χ1) is 16.6. The van der Waals surface area contributed by atoms with Crippen molar-refractivity contribution in [3.05, 3.63) is 113 Å². The molecule has 5 rings (SSSR count). The van der Waals surface area contributed by atoms with Crippen LogP contribution in [0.1, 0.15) is 33.9 Å². The molecule has 3 aromatic carbocycles. The van der Waals surface area contributed by atoms with Crippen molar-refractivity contribution in [3.63, 3.8) is 0 Å². The van der Waals surface area contributed by atoms with Crippen LogP contribution in [0.4, 0.5) is 5.95 Å². The first-order valence-electron chi connectivity index (χ1n) is 11.3. The van der Waals surface area contributed by atoms with E-state index in [4.69, 9.17) is 0 Å². The van der Waals surface area contributed by atoms with Gasteiger partial charge in [0.05, 0.1) is 5.70 Å². The lowest BCUT2D eigenvalue weighted by molar-refractivity contribution is -0.119. The number of nitrogens with one attached hydrogen (secondary N) is 1. The second kappa shape index (κ2) is 9.31. The molecular weight excluding hydrogens is 424 g/mol. The summed E-state index contributed by atoms with van der Waals surface area (Å²) in [5.41, 5.74) is 6.40. The maximum atomic E-state index is 13.1. The molecule has 0 radical (unpaired) electrons. The number of allylic oxidation sites excluding steroid dienone is 1. The quantitative estimate of drug-likeness (QED) is 0.480. The van der Waals surface area contributed by atoms with Crippen molar-refractivity contribution in [2.75, 3.05) is 11.4 Å². The van der Waals surface area contributed by atoms with Gasteiger partial charge in [-0.3, -0.25) is 9.69 Å². The molecule has 1 amide bonds. The third-order valence-corrected chi connectivity index (χ3v) is 6.11. The number of benzene rings is 3. The molecule has 1 aliphatic rings. The second-order valence-corrected chi connectivity index (χ2v) is 8.49. The minimum Gasteiger partial charge on any atom is -0.350 e. The summed E-state index contributed by atoms with van der Waals surface area (Å²) in [6.07, 6.45) is 2.12. The number of carbonyl (C=O) groups is 1. The van der Waals surface area contributed by atoms with Crippen LogP contribution in [-0.4, -0.2) is 32.7 Å². The number of anilines is 1. The van der Waals surface area contributed by atoms with Crippen molar-refractivity contribution in [3.8, 4) is 0 Å². The minimum atomic E-state index is -0.172. The Kier molecular flexibility index (Phi) is 5.91. The Morgan fingerprint density at radius 2 is 1.68 bits per heavy atom. The maximum Gasteiger partial charge on any atom is 0.251 e. The third-order valence-electron chi connectivity index (χ3n) is 6.11. The van der Waals surface area contributed by atoms with Crippen molar-refractivity contribution in [2.24, 2.45) is 0 Å². The van der Waals surface area contributed by atoms with Crippen LogP contribution in [0, 0.1) is 13.8 Å². The number of hydrogen-bond acceptors (Lipinski definition) is 5. The molecule has 0 aliphatic carbocycles. The fraction of sp³-hybridized carbons (Fsp3) is 0.185. The van der Waals surface area contributed by atoms with Gasteiger partial charge in [-0.05, 0) is 52.6 Å². The number of hydrogen-bond donors (Lipinski definition) is 1. The van der Waals surface area contributed by atoms with Gasteiger partial charge in [-0.1, -0.05) is 89.5 Å². The molecule has 0 saturated heterocycles. The van der Waals surface area contributed by atoms with Crippen molar-refractivity contribution < 1.29 is 4.79 Å². The SMILES string of the molecule is Cc1ccc(C2=C[C@@H](c3ccccc3)n3nnnc3N2CC(=O)NCc2ccccc2C)cc1. The van der Waals surface area contributed by atoms with Gasteiger partial charge in [0.2, 0.25) is 5.91 Å². The van der Waals surface area contributed by atoms with Crippen LogP contribution in [0.5, 0.6) is 0 Å². The van der Waals surface area contributed by atoms with E-state index in [1.807, 2.05) is 54.3 Å². The molecule has 1 N–H and O–H groups in total. The summed E-state index contributed by atoms with van der Waals surface area (Å²) in [5.74, 6) is 0.437. The smallest absolute Gasteiger partial charge is 0.251 e. The lowest BCUT2D eigenvalue weighted by Gasteiger charge is -2.32. The molecule has 0 spiro atoms. The Morgan fingerprint density at radius 1 is 0.941 bits per heavy atom. The number of amides is 1. The Morgan fingerprint density at radius 3 is 2.44 bits per heavy atom. The van der Waals surface area contributed by atoms with Crippen LogP contribution in [-0.2, 0) is 11.3 Å². The van der Waals surface area contributed by atoms with Crippen LogP contribution < -0.4 is 10.2 Å². The minimum absolute atomic E-state index is 0.103. The highest BCUT2D eigenvalue weighted by Crippen LogP contribution is 2.36. The van der Waals surface area contributed by atoms with Crippen molar-refractivity contribution in [2.45, 2.75) is 26.4 Å². The molecule has 7 nitrogen and oxygen atoms in total. The van der Waals surface area contributed by atoms with E-state index in [2.05, 4.69) is 70.2 Å². The Labute approximate surface area is 198 Å². The summed E-state index contributed by atoms with van der Waals surface area (Å²) in [6, 6.07) is 26.3.